The number of hydrogen-bond donors (Lipinski definition) is 2. The van der Waals surface area contributed by atoms with Crippen molar-refractivity contribution < 1.29 is 19.4 Å². The summed E-state index contributed by atoms with van der Waals surface area (Å²) < 4.78 is 5.32. The van der Waals surface area contributed by atoms with E-state index in [2.05, 4.69) is 5.32 Å². The molecule has 1 amide bonds. The Morgan fingerprint density at radius 2 is 2.06 bits per heavy atom. The molecule has 1 aliphatic carbocycles. The van der Waals surface area contributed by atoms with Crippen LogP contribution in [-0.2, 0) is 14.3 Å². The Hall–Kier alpha value is -1.10. The number of hydrogen-bond acceptors (Lipinski definition) is 3. The van der Waals surface area contributed by atoms with Gasteiger partial charge in [0.15, 0.2) is 0 Å². The highest BCUT2D eigenvalue weighted by molar-refractivity contribution is 5.83. The molecule has 1 saturated carbocycles. The highest BCUT2D eigenvalue weighted by Crippen LogP contribution is 2.28. The summed E-state index contributed by atoms with van der Waals surface area (Å²) in [5.41, 5.74) is 0. The molecule has 98 valence electrons. The molecule has 0 aromatic carbocycles. The molecule has 2 N–H and O–H groups in total. The minimum atomic E-state index is -0.993. The zero-order valence-electron chi connectivity index (χ0n) is 10.4. The van der Waals surface area contributed by atoms with Crippen molar-refractivity contribution in [2.45, 2.75) is 39.2 Å². The van der Waals surface area contributed by atoms with Gasteiger partial charge >= 0.3 is 5.97 Å². The molecule has 1 atom stereocenters. The van der Waals surface area contributed by atoms with Gasteiger partial charge in [-0.2, -0.15) is 0 Å². The third-order valence-corrected chi connectivity index (χ3v) is 2.77. The van der Waals surface area contributed by atoms with E-state index in [1.165, 1.54) is 12.8 Å². The molecule has 5 nitrogen and oxygen atoms in total. The summed E-state index contributed by atoms with van der Waals surface area (Å²) >= 11 is 0. The largest absolute Gasteiger partial charge is 0.480 e. The molecule has 0 radical (unpaired) electrons. The van der Waals surface area contributed by atoms with Gasteiger partial charge in [0.25, 0.3) is 0 Å². The van der Waals surface area contributed by atoms with Crippen molar-refractivity contribution in [2.24, 2.45) is 11.8 Å². The maximum atomic E-state index is 11.5. The van der Waals surface area contributed by atoms with Crippen LogP contribution in [0, 0.1) is 11.8 Å². The predicted molar refractivity (Wildman–Crippen MR) is 62.6 cm³/mol. The predicted octanol–water partition coefficient (Wildman–Crippen LogP) is 1.03. The average molecular weight is 243 g/mol. The van der Waals surface area contributed by atoms with E-state index >= 15 is 0 Å². The zero-order chi connectivity index (χ0) is 12.8. The normalized spacial score (nSPS) is 16.9. The van der Waals surface area contributed by atoms with Crippen LogP contribution in [0.3, 0.4) is 0 Å². The van der Waals surface area contributed by atoms with Gasteiger partial charge in [-0.15, -0.1) is 0 Å². The van der Waals surface area contributed by atoms with Gasteiger partial charge in [-0.3, -0.25) is 4.79 Å². The van der Waals surface area contributed by atoms with Crippen molar-refractivity contribution in [1.29, 1.82) is 0 Å². The summed E-state index contributed by atoms with van der Waals surface area (Å²) in [5, 5.41) is 11.4. The Labute approximate surface area is 102 Å². The number of carbonyl (C=O) groups excluding carboxylic acids is 1. The van der Waals surface area contributed by atoms with Crippen molar-refractivity contribution >= 4 is 11.9 Å². The topological polar surface area (TPSA) is 75.6 Å². The van der Waals surface area contributed by atoms with Gasteiger partial charge in [0.05, 0.1) is 6.61 Å². The lowest BCUT2D eigenvalue weighted by Crippen LogP contribution is -2.44. The SMILES string of the molecule is CC(C)[C@@H](NC(=O)CCOCC1CC1)C(=O)O. The highest BCUT2D eigenvalue weighted by atomic mass is 16.5. The smallest absolute Gasteiger partial charge is 0.326 e. The molecule has 0 bridgehead atoms. The van der Waals surface area contributed by atoms with Crippen LogP contribution >= 0.6 is 0 Å². The second kappa shape index (κ2) is 6.59. The molecular weight excluding hydrogens is 222 g/mol. The fourth-order valence-electron chi connectivity index (χ4n) is 1.46. The van der Waals surface area contributed by atoms with Crippen LogP contribution in [0.15, 0.2) is 0 Å². The first-order chi connectivity index (χ1) is 8.00. The van der Waals surface area contributed by atoms with E-state index in [1.807, 2.05) is 0 Å². The zero-order valence-corrected chi connectivity index (χ0v) is 10.4. The molecule has 0 unspecified atom stereocenters. The number of amides is 1. The Bertz CT molecular complexity index is 274. The average Bonchev–Trinajstić information content (AvgIpc) is 3.04. The number of aliphatic carboxylic acids is 1. The lowest BCUT2D eigenvalue weighted by molar-refractivity contribution is -0.143. The van der Waals surface area contributed by atoms with Crippen molar-refractivity contribution in [3.63, 3.8) is 0 Å². The van der Waals surface area contributed by atoms with Crippen molar-refractivity contribution in [3.8, 4) is 0 Å². The molecule has 1 rings (SSSR count). The van der Waals surface area contributed by atoms with Gasteiger partial charge in [0.1, 0.15) is 6.04 Å². The van der Waals surface area contributed by atoms with Crippen LogP contribution in [0.1, 0.15) is 33.1 Å². The van der Waals surface area contributed by atoms with Crippen LogP contribution in [0.25, 0.3) is 0 Å². The molecule has 0 saturated heterocycles. The molecule has 0 spiro atoms. The van der Waals surface area contributed by atoms with Gasteiger partial charge in [0, 0.05) is 13.0 Å². The lowest BCUT2D eigenvalue weighted by Gasteiger charge is -2.17. The fraction of sp³-hybridized carbons (Fsp3) is 0.833. The van der Waals surface area contributed by atoms with Crippen LogP contribution < -0.4 is 5.32 Å². The van der Waals surface area contributed by atoms with Gasteiger partial charge in [-0.1, -0.05) is 13.8 Å². The lowest BCUT2D eigenvalue weighted by atomic mass is 10.0. The van der Waals surface area contributed by atoms with Crippen molar-refractivity contribution in [2.75, 3.05) is 13.2 Å². The maximum Gasteiger partial charge on any atom is 0.326 e. The summed E-state index contributed by atoms with van der Waals surface area (Å²) in [6.07, 6.45) is 2.67. The minimum Gasteiger partial charge on any atom is -0.480 e. The first-order valence-corrected chi connectivity index (χ1v) is 6.10. The van der Waals surface area contributed by atoms with Crippen LogP contribution in [0.4, 0.5) is 0 Å². The molecule has 0 heterocycles. The summed E-state index contributed by atoms with van der Waals surface area (Å²) in [6.45, 7) is 4.62. The molecular formula is C12H21NO4. The van der Waals surface area contributed by atoms with E-state index in [1.54, 1.807) is 13.8 Å². The number of carboxylic acid groups (broad SMARTS) is 1. The van der Waals surface area contributed by atoms with Gasteiger partial charge in [0.2, 0.25) is 5.91 Å². The Morgan fingerprint density at radius 1 is 1.41 bits per heavy atom. The quantitative estimate of drug-likeness (QED) is 0.624. The minimum absolute atomic E-state index is 0.121. The van der Waals surface area contributed by atoms with Crippen LogP contribution in [0.2, 0.25) is 0 Å². The highest BCUT2D eigenvalue weighted by Gasteiger charge is 2.23. The maximum absolute atomic E-state index is 11.5. The number of ether oxygens (including phenoxy) is 1. The molecule has 17 heavy (non-hydrogen) atoms. The van der Waals surface area contributed by atoms with Gasteiger partial charge < -0.3 is 15.2 Å². The van der Waals surface area contributed by atoms with Crippen molar-refractivity contribution in [1.82, 2.24) is 5.32 Å². The summed E-state index contributed by atoms with van der Waals surface area (Å²) in [5.74, 6) is -0.696. The number of nitrogens with one attached hydrogen (secondary N) is 1. The second-order valence-electron chi connectivity index (χ2n) is 4.90. The molecule has 1 fully saturated rings. The molecule has 1 aliphatic rings. The summed E-state index contributed by atoms with van der Waals surface area (Å²) in [7, 11) is 0. The monoisotopic (exact) mass is 243 g/mol. The third kappa shape index (κ3) is 5.68. The molecule has 0 aliphatic heterocycles. The number of carboxylic acids is 1. The Kier molecular flexibility index (Phi) is 5.41. The van der Waals surface area contributed by atoms with Crippen molar-refractivity contribution in [3.05, 3.63) is 0 Å². The Balaban J connectivity index is 2.14. The van der Waals surface area contributed by atoms with Crippen LogP contribution in [-0.4, -0.2) is 36.2 Å². The van der Waals surface area contributed by atoms with Gasteiger partial charge in [-0.25, -0.2) is 4.79 Å². The number of rotatable bonds is 8. The summed E-state index contributed by atoms with van der Waals surface area (Å²) in [6, 6.07) is -0.814. The van der Waals surface area contributed by atoms with Crippen LogP contribution in [0.5, 0.6) is 0 Å². The van der Waals surface area contributed by atoms with E-state index in [-0.39, 0.29) is 18.2 Å². The fourth-order valence-corrected chi connectivity index (χ4v) is 1.46. The van der Waals surface area contributed by atoms with Gasteiger partial charge in [-0.05, 0) is 24.7 Å². The summed E-state index contributed by atoms with van der Waals surface area (Å²) in [4.78, 5) is 22.3. The standard InChI is InChI=1S/C12H21NO4/c1-8(2)11(12(15)16)13-10(14)5-6-17-7-9-3-4-9/h8-9,11H,3-7H2,1-2H3,(H,13,14)(H,15,16)/t11-/m1/s1. The van der Waals surface area contributed by atoms with E-state index in [4.69, 9.17) is 9.84 Å². The van der Waals surface area contributed by atoms with E-state index in [0.29, 0.717) is 12.5 Å². The van der Waals surface area contributed by atoms with E-state index in [0.717, 1.165) is 6.61 Å². The first kappa shape index (κ1) is 14.0. The van der Waals surface area contributed by atoms with E-state index < -0.39 is 12.0 Å². The molecule has 5 heteroatoms. The molecule has 0 aromatic heterocycles. The Morgan fingerprint density at radius 3 is 2.53 bits per heavy atom. The third-order valence-electron chi connectivity index (χ3n) is 2.77. The number of carbonyl (C=O) groups is 2. The molecule has 0 aromatic rings. The second-order valence-corrected chi connectivity index (χ2v) is 4.90. The first-order valence-electron chi connectivity index (χ1n) is 6.10. The van der Waals surface area contributed by atoms with E-state index in [9.17, 15) is 9.59 Å².